The van der Waals surface area contributed by atoms with Gasteiger partial charge in [0.15, 0.2) is 6.61 Å². The monoisotopic (exact) mass is 245 g/mol. The Morgan fingerprint density at radius 2 is 2.33 bits per heavy atom. The predicted molar refractivity (Wildman–Crippen MR) is 62.0 cm³/mol. The number of amides is 1. The molecule has 1 N–H and O–H groups in total. The molecule has 1 aromatic heterocycles. The van der Waals surface area contributed by atoms with Gasteiger partial charge in [-0.1, -0.05) is 11.2 Å². The zero-order valence-electron chi connectivity index (χ0n) is 9.55. The predicted octanol–water partition coefficient (Wildman–Crippen LogP) is 1.53. The number of hydrogen-bond acceptors (Lipinski definition) is 5. The Morgan fingerprint density at radius 3 is 3.17 bits per heavy atom. The summed E-state index contributed by atoms with van der Waals surface area (Å²) in [5, 5.41) is 6.47. The molecular weight excluding hydrogens is 234 g/mol. The summed E-state index contributed by atoms with van der Waals surface area (Å²) in [5.74, 6) is 1.19. The number of fused-ring (bicyclic) bond motifs is 1. The lowest BCUT2D eigenvalue weighted by atomic mass is 10.0. The third kappa shape index (κ3) is 2.17. The summed E-state index contributed by atoms with van der Waals surface area (Å²) in [6.45, 7) is 0.239. The first-order valence-corrected chi connectivity index (χ1v) is 5.62. The van der Waals surface area contributed by atoms with Gasteiger partial charge in [-0.2, -0.15) is 4.98 Å². The van der Waals surface area contributed by atoms with Crippen LogP contribution in [0.3, 0.4) is 0 Å². The molecule has 0 spiro atoms. The molecule has 18 heavy (non-hydrogen) atoms. The summed E-state index contributed by atoms with van der Waals surface area (Å²) in [6, 6.07) is 5.64. The number of aromatic nitrogens is 2. The normalized spacial score (nSPS) is 13.9. The van der Waals surface area contributed by atoms with Crippen molar-refractivity contribution in [1.29, 1.82) is 0 Å². The summed E-state index contributed by atoms with van der Waals surface area (Å²) >= 11 is 0. The molecular formula is C12H11N3O3. The third-order valence-electron chi connectivity index (χ3n) is 2.75. The molecule has 0 saturated carbocycles. The number of nitrogens with zero attached hydrogens (tertiary/aromatic N) is 2. The van der Waals surface area contributed by atoms with E-state index in [9.17, 15) is 4.79 Å². The van der Waals surface area contributed by atoms with Crippen LogP contribution in [0.15, 0.2) is 29.1 Å². The highest BCUT2D eigenvalue weighted by Gasteiger charge is 2.15. The van der Waals surface area contributed by atoms with Crippen LogP contribution in [0.4, 0.5) is 5.69 Å². The van der Waals surface area contributed by atoms with Crippen LogP contribution in [-0.4, -0.2) is 16.0 Å². The standard InChI is InChI=1S/C12H11N3O3/c16-12-4-2-8-1-3-9(5-10(8)14-12)17-6-11-13-7-18-15-11/h1,3,5,7H,2,4,6H2,(H,14,16). The van der Waals surface area contributed by atoms with Gasteiger partial charge in [0.2, 0.25) is 18.1 Å². The lowest BCUT2D eigenvalue weighted by molar-refractivity contribution is -0.116. The molecule has 2 heterocycles. The van der Waals surface area contributed by atoms with Crippen LogP contribution >= 0.6 is 0 Å². The minimum absolute atomic E-state index is 0.0396. The number of carbonyl (C=O) groups excluding carboxylic acids is 1. The topological polar surface area (TPSA) is 77.2 Å². The lowest BCUT2D eigenvalue weighted by Crippen LogP contribution is -2.18. The van der Waals surface area contributed by atoms with Gasteiger partial charge in [-0.3, -0.25) is 4.79 Å². The van der Waals surface area contributed by atoms with Crippen LogP contribution < -0.4 is 10.1 Å². The minimum Gasteiger partial charge on any atom is -0.485 e. The van der Waals surface area contributed by atoms with E-state index in [-0.39, 0.29) is 12.5 Å². The second-order valence-corrected chi connectivity index (χ2v) is 4.00. The number of nitrogens with one attached hydrogen (secondary N) is 1. The Hall–Kier alpha value is -2.37. The van der Waals surface area contributed by atoms with Crippen molar-refractivity contribution in [1.82, 2.24) is 10.1 Å². The fourth-order valence-corrected chi connectivity index (χ4v) is 1.84. The zero-order valence-corrected chi connectivity index (χ0v) is 9.55. The molecule has 0 radical (unpaired) electrons. The van der Waals surface area contributed by atoms with E-state index >= 15 is 0 Å². The first kappa shape index (κ1) is 10.8. The van der Waals surface area contributed by atoms with Crippen LogP contribution in [0.25, 0.3) is 0 Å². The van der Waals surface area contributed by atoms with E-state index in [0.29, 0.717) is 18.0 Å². The maximum atomic E-state index is 11.3. The summed E-state index contributed by atoms with van der Waals surface area (Å²) < 4.78 is 10.1. The van der Waals surface area contributed by atoms with E-state index in [1.165, 1.54) is 6.39 Å². The van der Waals surface area contributed by atoms with Gasteiger partial charge in [-0.05, 0) is 18.1 Å². The van der Waals surface area contributed by atoms with Gasteiger partial charge in [-0.15, -0.1) is 0 Å². The Morgan fingerprint density at radius 1 is 1.39 bits per heavy atom. The van der Waals surface area contributed by atoms with Crippen LogP contribution in [-0.2, 0) is 17.8 Å². The number of aryl methyl sites for hydroxylation is 1. The highest BCUT2D eigenvalue weighted by molar-refractivity contribution is 5.94. The number of hydrogen-bond donors (Lipinski definition) is 1. The van der Waals surface area contributed by atoms with Crippen molar-refractivity contribution in [3.05, 3.63) is 36.0 Å². The molecule has 0 saturated heterocycles. The van der Waals surface area contributed by atoms with E-state index in [0.717, 1.165) is 17.7 Å². The molecule has 1 amide bonds. The van der Waals surface area contributed by atoms with E-state index < -0.39 is 0 Å². The summed E-state index contributed by atoms with van der Waals surface area (Å²) in [7, 11) is 0. The molecule has 2 aromatic rings. The summed E-state index contributed by atoms with van der Waals surface area (Å²) in [6.07, 6.45) is 2.56. The number of benzene rings is 1. The van der Waals surface area contributed by atoms with Crippen molar-refractivity contribution in [3.8, 4) is 5.75 Å². The van der Waals surface area contributed by atoms with Crippen LogP contribution in [0.5, 0.6) is 5.75 Å². The number of anilines is 1. The van der Waals surface area contributed by atoms with Gasteiger partial charge in [0, 0.05) is 18.2 Å². The molecule has 3 rings (SSSR count). The third-order valence-corrected chi connectivity index (χ3v) is 2.75. The fraction of sp³-hybridized carbons (Fsp3) is 0.250. The van der Waals surface area contributed by atoms with E-state index in [1.54, 1.807) is 0 Å². The molecule has 92 valence electrons. The Balaban J connectivity index is 1.73. The van der Waals surface area contributed by atoms with Crippen molar-refractivity contribution in [3.63, 3.8) is 0 Å². The molecule has 0 unspecified atom stereocenters. The smallest absolute Gasteiger partial charge is 0.224 e. The van der Waals surface area contributed by atoms with Crippen molar-refractivity contribution in [2.45, 2.75) is 19.4 Å². The van der Waals surface area contributed by atoms with Crippen molar-refractivity contribution >= 4 is 11.6 Å². The number of rotatable bonds is 3. The van der Waals surface area contributed by atoms with Crippen LogP contribution in [0.2, 0.25) is 0 Å². The molecule has 0 bridgehead atoms. The quantitative estimate of drug-likeness (QED) is 0.887. The molecule has 1 aliphatic rings. The van der Waals surface area contributed by atoms with Gasteiger partial charge < -0.3 is 14.6 Å². The average molecular weight is 245 g/mol. The lowest BCUT2D eigenvalue weighted by Gasteiger charge is -2.17. The van der Waals surface area contributed by atoms with Crippen molar-refractivity contribution < 1.29 is 14.1 Å². The first-order valence-electron chi connectivity index (χ1n) is 5.62. The SMILES string of the molecule is O=C1CCc2ccc(OCc3ncon3)cc2N1. The zero-order chi connectivity index (χ0) is 12.4. The van der Waals surface area contributed by atoms with Gasteiger partial charge >= 0.3 is 0 Å². The van der Waals surface area contributed by atoms with Gasteiger partial charge in [0.25, 0.3) is 0 Å². The number of carbonyl (C=O) groups is 1. The van der Waals surface area contributed by atoms with Crippen LogP contribution in [0, 0.1) is 0 Å². The van der Waals surface area contributed by atoms with Gasteiger partial charge in [0.1, 0.15) is 5.75 Å². The Kier molecular flexibility index (Phi) is 2.68. The van der Waals surface area contributed by atoms with Crippen molar-refractivity contribution in [2.24, 2.45) is 0 Å². The fourth-order valence-electron chi connectivity index (χ4n) is 1.84. The molecule has 0 aliphatic carbocycles. The largest absolute Gasteiger partial charge is 0.485 e. The van der Waals surface area contributed by atoms with Crippen molar-refractivity contribution in [2.75, 3.05) is 5.32 Å². The number of ether oxygens (including phenoxy) is 1. The van der Waals surface area contributed by atoms with E-state index in [2.05, 4.69) is 20.0 Å². The summed E-state index contributed by atoms with van der Waals surface area (Å²) in [5.41, 5.74) is 1.94. The maximum absolute atomic E-state index is 11.3. The molecule has 6 heteroatoms. The Bertz CT molecular complexity index is 566. The first-order chi connectivity index (χ1) is 8.81. The highest BCUT2D eigenvalue weighted by Crippen LogP contribution is 2.27. The summed E-state index contributed by atoms with van der Waals surface area (Å²) in [4.78, 5) is 15.2. The second-order valence-electron chi connectivity index (χ2n) is 4.00. The van der Waals surface area contributed by atoms with E-state index in [4.69, 9.17) is 4.74 Å². The molecule has 1 aliphatic heterocycles. The second kappa shape index (κ2) is 4.48. The van der Waals surface area contributed by atoms with Gasteiger partial charge in [-0.25, -0.2) is 0 Å². The highest BCUT2D eigenvalue weighted by atomic mass is 16.5. The molecule has 0 atom stereocenters. The average Bonchev–Trinajstić information content (AvgIpc) is 2.89. The maximum Gasteiger partial charge on any atom is 0.224 e. The molecule has 1 aromatic carbocycles. The Labute approximate surface area is 103 Å². The molecule has 0 fully saturated rings. The van der Waals surface area contributed by atoms with E-state index in [1.807, 2.05) is 18.2 Å². The van der Waals surface area contributed by atoms with Crippen LogP contribution in [0.1, 0.15) is 17.8 Å². The van der Waals surface area contributed by atoms with Gasteiger partial charge in [0.05, 0.1) is 0 Å². The molecule has 6 nitrogen and oxygen atoms in total. The minimum atomic E-state index is 0.0396.